The van der Waals surface area contributed by atoms with Crippen LogP contribution in [0.2, 0.25) is 5.02 Å². The van der Waals surface area contributed by atoms with E-state index in [-0.39, 0.29) is 12.5 Å². The first kappa shape index (κ1) is 13.0. The fourth-order valence-corrected chi connectivity index (χ4v) is 1.65. The third-order valence-electron chi connectivity index (χ3n) is 2.37. The minimum absolute atomic E-state index is 0.187. The number of halogens is 1. The summed E-state index contributed by atoms with van der Waals surface area (Å²) in [4.78, 5) is 10.3. The van der Waals surface area contributed by atoms with Gasteiger partial charge in [0.05, 0.1) is 0 Å². The summed E-state index contributed by atoms with van der Waals surface area (Å²) < 4.78 is 0. The van der Waals surface area contributed by atoms with Gasteiger partial charge in [0.15, 0.2) is 0 Å². The highest BCUT2D eigenvalue weighted by Gasteiger charge is 2.05. The molecule has 88 valence electrons. The number of carboxylic acids is 1. The molecule has 1 aromatic rings. The van der Waals surface area contributed by atoms with Crippen LogP contribution in [0.15, 0.2) is 24.3 Å². The molecule has 1 rings (SSSR count). The van der Waals surface area contributed by atoms with Gasteiger partial charge in [-0.15, -0.1) is 0 Å². The van der Waals surface area contributed by atoms with Crippen molar-refractivity contribution in [3.8, 4) is 0 Å². The second kappa shape index (κ2) is 6.51. The van der Waals surface area contributed by atoms with Crippen molar-refractivity contribution in [2.75, 3.05) is 6.54 Å². The van der Waals surface area contributed by atoms with Crippen LogP contribution in [-0.2, 0) is 4.79 Å². The Morgan fingerprint density at radius 3 is 2.94 bits per heavy atom. The molecule has 3 nitrogen and oxygen atoms in total. The van der Waals surface area contributed by atoms with E-state index in [1.54, 1.807) is 0 Å². The Hall–Kier alpha value is -1.06. The molecule has 0 amide bonds. The molecule has 0 spiro atoms. The Balaban J connectivity index is 2.35. The molecular formula is C12H16ClNO2. The summed E-state index contributed by atoms with van der Waals surface area (Å²) in [6, 6.07) is 7.85. The Morgan fingerprint density at radius 1 is 1.56 bits per heavy atom. The van der Waals surface area contributed by atoms with E-state index in [2.05, 4.69) is 5.32 Å². The highest BCUT2D eigenvalue weighted by Crippen LogP contribution is 2.17. The minimum Gasteiger partial charge on any atom is -0.481 e. The van der Waals surface area contributed by atoms with Crippen LogP contribution in [0.25, 0.3) is 0 Å². The van der Waals surface area contributed by atoms with E-state index >= 15 is 0 Å². The average Bonchev–Trinajstić information content (AvgIpc) is 2.24. The monoisotopic (exact) mass is 241 g/mol. The maximum Gasteiger partial charge on any atom is 0.303 e. The zero-order chi connectivity index (χ0) is 12.0. The summed E-state index contributed by atoms with van der Waals surface area (Å²) in [6.07, 6.45) is 0.843. The van der Waals surface area contributed by atoms with Crippen molar-refractivity contribution in [1.82, 2.24) is 5.32 Å². The first-order valence-corrected chi connectivity index (χ1v) is 5.68. The number of rotatable bonds is 6. The van der Waals surface area contributed by atoms with Crippen LogP contribution in [0.1, 0.15) is 31.4 Å². The molecule has 4 heteroatoms. The summed E-state index contributed by atoms with van der Waals surface area (Å²) in [5, 5.41) is 12.5. The lowest BCUT2D eigenvalue weighted by Gasteiger charge is -2.13. The molecular weight excluding hydrogens is 226 g/mol. The zero-order valence-electron chi connectivity index (χ0n) is 9.24. The molecule has 0 unspecified atom stereocenters. The summed E-state index contributed by atoms with van der Waals surface area (Å²) in [5.74, 6) is -0.753. The number of hydrogen-bond acceptors (Lipinski definition) is 2. The van der Waals surface area contributed by atoms with E-state index in [0.717, 1.165) is 10.6 Å². The third-order valence-corrected chi connectivity index (χ3v) is 2.60. The molecule has 0 aliphatic rings. The molecule has 16 heavy (non-hydrogen) atoms. The Labute approximate surface area is 100 Å². The molecule has 1 aromatic carbocycles. The molecule has 0 aliphatic carbocycles. The van der Waals surface area contributed by atoms with Gasteiger partial charge in [-0.3, -0.25) is 4.79 Å². The second-order valence-corrected chi connectivity index (χ2v) is 4.16. The highest BCUT2D eigenvalue weighted by atomic mass is 35.5. The largest absolute Gasteiger partial charge is 0.481 e. The van der Waals surface area contributed by atoms with Gasteiger partial charge in [0.25, 0.3) is 0 Å². The van der Waals surface area contributed by atoms with Crippen molar-refractivity contribution in [3.63, 3.8) is 0 Å². The van der Waals surface area contributed by atoms with Gasteiger partial charge in [0.1, 0.15) is 0 Å². The fraction of sp³-hybridized carbons (Fsp3) is 0.417. The molecule has 0 aliphatic heterocycles. The number of aliphatic carboxylic acids is 1. The number of hydrogen-bond donors (Lipinski definition) is 2. The summed E-state index contributed by atoms with van der Waals surface area (Å²) in [7, 11) is 0. The number of benzene rings is 1. The lowest BCUT2D eigenvalue weighted by Crippen LogP contribution is -2.20. The topological polar surface area (TPSA) is 49.3 Å². The third kappa shape index (κ3) is 4.64. The van der Waals surface area contributed by atoms with E-state index < -0.39 is 5.97 Å². The lowest BCUT2D eigenvalue weighted by atomic mass is 10.1. The first-order valence-electron chi connectivity index (χ1n) is 5.30. The van der Waals surface area contributed by atoms with Gasteiger partial charge >= 0.3 is 5.97 Å². The van der Waals surface area contributed by atoms with E-state index in [9.17, 15) is 4.79 Å². The molecule has 0 aromatic heterocycles. The van der Waals surface area contributed by atoms with Crippen LogP contribution in [0.4, 0.5) is 0 Å². The Kier molecular flexibility index (Phi) is 5.29. The molecule has 0 radical (unpaired) electrons. The summed E-state index contributed by atoms with van der Waals surface area (Å²) in [5.41, 5.74) is 1.11. The van der Waals surface area contributed by atoms with Gasteiger partial charge in [-0.25, -0.2) is 0 Å². The zero-order valence-corrected chi connectivity index (χ0v) is 10.00. The van der Waals surface area contributed by atoms with Crippen LogP contribution in [0.3, 0.4) is 0 Å². The SMILES string of the molecule is C[C@@H](NCCCC(=O)O)c1cccc(Cl)c1. The van der Waals surface area contributed by atoms with Gasteiger partial charge in [-0.2, -0.15) is 0 Å². The van der Waals surface area contributed by atoms with Crippen LogP contribution in [-0.4, -0.2) is 17.6 Å². The summed E-state index contributed by atoms with van der Waals surface area (Å²) in [6.45, 7) is 2.73. The minimum atomic E-state index is -0.753. The molecule has 1 atom stereocenters. The van der Waals surface area contributed by atoms with Crippen molar-refractivity contribution in [2.45, 2.75) is 25.8 Å². The number of carboxylic acid groups (broad SMARTS) is 1. The molecule has 0 saturated carbocycles. The van der Waals surface area contributed by atoms with E-state index in [1.807, 2.05) is 31.2 Å². The van der Waals surface area contributed by atoms with Crippen molar-refractivity contribution < 1.29 is 9.90 Å². The van der Waals surface area contributed by atoms with Crippen molar-refractivity contribution in [1.29, 1.82) is 0 Å². The summed E-state index contributed by atoms with van der Waals surface area (Å²) >= 11 is 5.89. The normalized spacial score (nSPS) is 12.4. The Morgan fingerprint density at radius 2 is 2.31 bits per heavy atom. The van der Waals surface area contributed by atoms with Crippen LogP contribution < -0.4 is 5.32 Å². The number of nitrogens with one attached hydrogen (secondary N) is 1. The van der Waals surface area contributed by atoms with Gasteiger partial charge < -0.3 is 10.4 Å². The quantitative estimate of drug-likeness (QED) is 0.753. The highest BCUT2D eigenvalue weighted by molar-refractivity contribution is 6.30. The van der Waals surface area contributed by atoms with Crippen LogP contribution in [0.5, 0.6) is 0 Å². The standard InChI is InChI=1S/C12H16ClNO2/c1-9(14-7-3-6-12(15)16)10-4-2-5-11(13)8-10/h2,4-5,8-9,14H,3,6-7H2,1H3,(H,15,16)/t9-/m1/s1. The van der Waals surface area contributed by atoms with E-state index in [4.69, 9.17) is 16.7 Å². The Bertz CT molecular complexity index is 355. The van der Waals surface area contributed by atoms with Gasteiger partial charge in [0, 0.05) is 17.5 Å². The van der Waals surface area contributed by atoms with E-state index in [0.29, 0.717) is 13.0 Å². The maximum absolute atomic E-state index is 10.3. The van der Waals surface area contributed by atoms with Crippen LogP contribution in [0, 0.1) is 0 Å². The molecule has 0 fully saturated rings. The molecule has 2 N–H and O–H groups in total. The number of carbonyl (C=O) groups is 1. The van der Waals surface area contributed by atoms with Gasteiger partial charge in [-0.1, -0.05) is 23.7 Å². The average molecular weight is 242 g/mol. The van der Waals surface area contributed by atoms with Crippen molar-refractivity contribution in [3.05, 3.63) is 34.9 Å². The molecule has 0 heterocycles. The lowest BCUT2D eigenvalue weighted by molar-refractivity contribution is -0.137. The molecule has 0 bridgehead atoms. The van der Waals surface area contributed by atoms with Crippen molar-refractivity contribution >= 4 is 17.6 Å². The first-order chi connectivity index (χ1) is 7.59. The second-order valence-electron chi connectivity index (χ2n) is 3.73. The predicted molar refractivity (Wildman–Crippen MR) is 64.7 cm³/mol. The van der Waals surface area contributed by atoms with Crippen LogP contribution >= 0.6 is 11.6 Å². The van der Waals surface area contributed by atoms with Gasteiger partial charge in [-0.05, 0) is 37.6 Å². The maximum atomic E-state index is 10.3. The van der Waals surface area contributed by atoms with Gasteiger partial charge in [0.2, 0.25) is 0 Å². The smallest absolute Gasteiger partial charge is 0.303 e. The molecule has 0 saturated heterocycles. The van der Waals surface area contributed by atoms with E-state index in [1.165, 1.54) is 0 Å². The van der Waals surface area contributed by atoms with Crippen molar-refractivity contribution in [2.24, 2.45) is 0 Å². The predicted octanol–water partition coefficient (Wildman–Crippen LogP) is 2.86. The fourth-order valence-electron chi connectivity index (χ4n) is 1.45.